The first-order valence-corrected chi connectivity index (χ1v) is 4.87. The molecule has 1 unspecified atom stereocenters. The molecule has 1 amide bonds. The van der Waals surface area contributed by atoms with Crippen molar-refractivity contribution in [1.29, 1.82) is 0 Å². The summed E-state index contributed by atoms with van der Waals surface area (Å²) in [5.74, 6) is 1.16. The Kier molecular flexibility index (Phi) is 3.04. The number of hydrogen-bond acceptors (Lipinski definition) is 4. The van der Waals surface area contributed by atoms with Crippen molar-refractivity contribution in [1.82, 2.24) is 5.32 Å². The van der Waals surface area contributed by atoms with Gasteiger partial charge in [0, 0.05) is 6.07 Å². The molecule has 0 aliphatic rings. The van der Waals surface area contributed by atoms with Gasteiger partial charge in [-0.1, -0.05) is 0 Å². The lowest BCUT2D eigenvalue weighted by molar-refractivity contribution is 0.187. The number of methoxy groups -OCH3 is 1. The number of amides is 1. The van der Waals surface area contributed by atoms with Gasteiger partial charge in [-0.05, 0) is 18.2 Å². The van der Waals surface area contributed by atoms with Gasteiger partial charge in [-0.2, -0.15) is 0 Å². The Hall–Kier alpha value is -2.37. The third-order valence-corrected chi connectivity index (χ3v) is 2.18. The molecule has 1 atom stereocenters. The lowest BCUT2D eigenvalue weighted by atomic mass is 10.2. The van der Waals surface area contributed by atoms with Crippen molar-refractivity contribution in [3.63, 3.8) is 0 Å². The molecule has 6 heteroatoms. The number of nitrogens with one attached hydrogen (secondary N) is 1. The van der Waals surface area contributed by atoms with Crippen molar-refractivity contribution in [3.05, 3.63) is 42.0 Å². The molecular formula is C11H11NO5. The van der Waals surface area contributed by atoms with Crippen molar-refractivity contribution in [3.8, 4) is 5.95 Å². The van der Waals surface area contributed by atoms with Crippen LogP contribution in [0.25, 0.3) is 0 Å². The molecule has 2 heterocycles. The fraction of sp³-hybridized carbons (Fsp3) is 0.182. The van der Waals surface area contributed by atoms with Crippen molar-refractivity contribution in [2.24, 2.45) is 0 Å². The average molecular weight is 237 g/mol. The van der Waals surface area contributed by atoms with Gasteiger partial charge < -0.3 is 24.0 Å². The predicted octanol–water partition coefficient (Wildman–Crippen LogP) is 2.24. The van der Waals surface area contributed by atoms with Gasteiger partial charge in [0.25, 0.3) is 5.95 Å². The van der Waals surface area contributed by atoms with E-state index < -0.39 is 12.1 Å². The summed E-state index contributed by atoms with van der Waals surface area (Å²) in [5, 5.41) is 11.1. The zero-order valence-electron chi connectivity index (χ0n) is 9.04. The molecule has 2 rings (SSSR count). The maximum absolute atomic E-state index is 10.7. The van der Waals surface area contributed by atoms with Gasteiger partial charge in [0.05, 0.1) is 13.4 Å². The molecule has 90 valence electrons. The summed E-state index contributed by atoms with van der Waals surface area (Å²) in [7, 11) is 1.47. The molecule has 0 saturated heterocycles. The van der Waals surface area contributed by atoms with Gasteiger partial charge in [0.15, 0.2) is 0 Å². The van der Waals surface area contributed by atoms with E-state index in [2.05, 4.69) is 5.32 Å². The first kappa shape index (κ1) is 11.1. The second-order valence-corrected chi connectivity index (χ2v) is 3.26. The molecule has 2 aromatic heterocycles. The van der Waals surface area contributed by atoms with Gasteiger partial charge in [0.2, 0.25) is 0 Å². The van der Waals surface area contributed by atoms with Crippen LogP contribution in [0.4, 0.5) is 4.79 Å². The first-order chi connectivity index (χ1) is 8.20. The minimum Gasteiger partial charge on any atom is -0.468 e. The van der Waals surface area contributed by atoms with Crippen LogP contribution in [-0.4, -0.2) is 18.3 Å². The number of furan rings is 2. The highest BCUT2D eigenvalue weighted by Crippen LogP contribution is 2.27. The SMILES string of the molecule is COc1ccc(C(NC(=O)O)c2ccco2)o1. The Bertz CT molecular complexity index is 488. The van der Waals surface area contributed by atoms with Gasteiger partial charge >= 0.3 is 6.09 Å². The van der Waals surface area contributed by atoms with Crippen LogP contribution in [0.3, 0.4) is 0 Å². The van der Waals surface area contributed by atoms with E-state index in [1.54, 1.807) is 24.3 Å². The lowest BCUT2D eigenvalue weighted by Crippen LogP contribution is -2.26. The standard InChI is InChI=1S/C11H11NO5/c1-15-9-5-4-8(17-9)10(12-11(13)14)7-3-2-6-16-7/h2-6,10,12H,1H3,(H,13,14). The van der Waals surface area contributed by atoms with E-state index in [9.17, 15) is 4.79 Å². The molecule has 6 nitrogen and oxygen atoms in total. The molecule has 0 spiro atoms. The first-order valence-electron chi connectivity index (χ1n) is 4.87. The van der Waals surface area contributed by atoms with Gasteiger partial charge in [0.1, 0.15) is 17.6 Å². The van der Waals surface area contributed by atoms with Gasteiger partial charge in [-0.25, -0.2) is 4.79 Å². The minimum absolute atomic E-state index is 0.309. The number of carbonyl (C=O) groups is 1. The number of carboxylic acid groups (broad SMARTS) is 1. The van der Waals surface area contributed by atoms with Crippen molar-refractivity contribution in [2.45, 2.75) is 6.04 Å². The maximum atomic E-state index is 10.7. The van der Waals surface area contributed by atoms with E-state index >= 15 is 0 Å². The quantitative estimate of drug-likeness (QED) is 0.851. The van der Waals surface area contributed by atoms with Gasteiger partial charge in [-0.3, -0.25) is 0 Å². The molecule has 0 aromatic carbocycles. The van der Waals surface area contributed by atoms with Crippen LogP contribution in [0.1, 0.15) is 17.6 Å². The summed E-state index contributed by atoms with van der Waals surface area (Å²) in [5.41, 5.74) is 0. The third-order valence-electron chi connectivity index (χ3n) is 2.18. The molecule has 2 N–H and O–H groups in total. The van der Waals surface area contributed by atoms with Crippen molar-refractivity contribution >= 4 is 6.09 Å². The van der Waals surface area contributed by atoms with Crippen LogP contribution in [0, 0.1) is 0 Å². The predicted molar refractivity (Wildman–Crippen MR) is 57.0 cm³/mol. The fourth-order valence-electron chi connectivity index (χ4n) is 1.46. The monoisotopic (exact) mass is 237 g/mol. The van der Waals surface area contributed by atoms with E-state index in [-0.39, 0.29) is 0 Å². The molecule has 0 fully saturated rings. The molecule has 17 heavy (non-hydrogen) atoms. The zero-order chi connectivity index (χ0) is 12.3. The summed E-state index contributed by atoms with van der Waals surface area (Å²) in [6.45, 7) is 0. The highest BCUT2D eigenvalue weighted by Gasteiger charge is 2.22. The molecule has 0 bridgehead atoms. The zero-order valence-corrected chi connectivity index (χ0v) is 9.04. The van der Waals surface area contributed by atoms with E-state index in [0.717, 1.165) is 0 Å². The average Bonchev–Trinajstić information content (AvgIpc) is 2.97. The molecule has 0 radical (unpaired) electrons. The summed E-state index contributed by atoms with van der Waals surface area (Å²) in [4.78, 5) is 10.7. The minimum atomic E-state index is -1.17. The maximum Gasteiger partial charge on any atom is 0.405 e. The van der Waals surface area contributed by atoms with Crippen LogP contribution in [0.2, 0.25) is 0 Å². The van der Waals surface area contributed by atoms with Crippen molar-refractivity contribution in [2.75, 3.05) is 7.11 Å². The summed E-state index contributed by atoms with van der Waals surface area (Å²) >= 11 is 0. The second kappa shape index (κ2) is 4.65. The van der Waals surface area contributed by atoms with E-state index in [1.807, 2.05) is 0 Å². The van der Waals surface area contributed by atoms with E-state index in [0.29, 0.717) is 17.5 Å². The van der Waals surface area contributed by atoms with Crippen LogP contribution in [-0.2, 0) is 0 Å². The topological polar surface area (TPSA) is 84.8 Å². The Morgan fingerprint density at radius 2 is 2.24 bits per heavy atom. The van der Waals surface area contributed by atoms with Crippen LogP contribution in [0.5, 0.6) is 5.95 Å². The molecule has 0 aliphatic heterocycles. The highest BCUT2D eigenvalue weighted by atomic mass is 16.6. The number of rotatable bonds is 4. The summed E-state index contributed by atoms with van der Waals surface area (Å²) in [6.07, 6.45) is 0.299. The van der Waals surface area contributed by atoms with E-state index in [4.69, 9.17) is 18.7 Å². The fourth-order valence-corrected chi connectivity index (χ4v) is 1.46. The largest absolute Gasteiger partial charge is 0.468 e. The third kappa shape index (κ3) is 2.41. The molecule has 0 saturated carbocycles. The number of hydrogen-bond donors (Lipinski definition) is 2. The normalized spacial score (nSPS) is 12.1. The summed E-state index contributed by atoms with van der Waals surface area (Å²) in [6, 6.07) is 5.88. The van der Waals surface area contributed by atoms with Gasteiger partial charge in [-0.15, -0.1) is 0 Å². The van der Waals surface area contributed by atoms with Crippen LogP contribution < -0.4 is 10.1 Å². The molecular weight excluding hydrogens is 226 g/mol. The lowest BCUT2D eigenvalue weighted by Gasteiger charge is -2.11. The van der Waals surface area contributed by atoms with Crippen LogP contribution in [0.15, 0.2) is 39.4 Å². The van der Waals surface area contributed by atoms with Crippen molar-refractivity contribution < 1.29 is 23.5 Å². The second-order valence-electron chi connectivity index (χ2n) is 3.26. The Morgan fingerprint density at radius 3 is 2.76 bits per heavy atom. The van der Waals surface area contributed by atoms with E-state index in [1.165, 1.54) is 13.4 Å². The summed E-state index contributed by atoms with van der Waals surface area (Å²) < 4.78 is 15.4. The smallest absolute Gasteiger partial charge is 0.405 e. The van der Waals surface area contributed by atoms with Crippen LogP contribution >= 0.6 is 0 Å². The Labute approximate surface area is 96.8 Å². The Morgan fingerprint density at radius 1 is 1.41 bits per heavy atom. The molecule has 2 aromatic rings. The Balaban J connectivity index is 2.29. The molecule has 0 aliphatic carbocycles. The number of ether oxygens (including phenoxy) is 1. The highest BCUT2D eigenvalue weighted by molar-refractivity contribution is 5.65.